The average molecular weight is 367 g/mol. The van der Waals surface area contributed by atoms with Crippen LogP contribution in [-0.4, -0.2) is 29.1 Å². The predicted octanol–water partition coefficient (Wildman–Crippen LogP) is 3.33. The second kappa shape index (κ2) is 9.33. The number of hydrogen-bond acceptors (Lipinski definition) is 4. The maximum Gasteiger partial charge on any atom is 0.336 e. The number of para-hydroxylation sites is 1. The smallest absolute Gasteiger partial charge is 0.336 e. The highest BCUT2D eigenvalue weighted by Gasteiger charge is 2.36. The van der Waals surface area contributed by atoms with Crippen molar-refractivity contribution in [2.45, 2.75) is 44.2 Å². The molecule has 5 nitrogen and oxygen atoms in total. The number of hydrogen-bond donors (Lipinski definition) is 2. The fourth-order valence-electron chi connectivity index (χ4n) is 3.51. The van der Waals surface area contributed by atoms with E-state index in [1.807, 2.05) is 12.1 Å². The van der Waals surface area contributed by atoms with Crippen LogP contribution in [0.4, 0.5) is 0 Å². The largest absolute Gasteiger partial charge is 0.425 e. The highest BCUT2D eigenvalue weighted by atomic mass is 16.5. The first-order valence-corrected chi connectivity index (χ1v) is 9.46. The molecule has 0 radical (unpaired) electrons. The van der Waals surface area contributed by atoms with Crippen LogP contribution in [0.15, 0.2) is 60.7 Å². The van der Waals surface area contributed by atoms with Crippen molar-refractivity contribution in [1.29, 1.82) is 0 Å². The van der Waals surface area contributed by atoms with Crippen molar-refractivity contribution in [3.05, 3.63) is 66.2 Å². The molecular weight excluding hydrogens is 342 g/mol. The van der Waals surface area contributed by atoms with E-state index in [-0.39, 0.29) is 5.92 Å². The number of carbonyl (C=O) groups excluding carboxylic acids is 2. The number of amides is 1. The van der Waals surface area contributed by atoms with Crippen LogP contribution in [-0.2, 0) is 4.79 Å². The summed E-state index contributed by atoms with van der Waals surface area (Å²) in [4.78, 5) is 25.3. The molecule has 1 saturated carbocycles. The quantitative estimate of drug-likeness (QED) is 0.607. The minimum atomic E-state index is -1.11. The highest BCUT2D eigenvalue weighted by molar-refractivity contribution is 5.97. The topological polar surface area (TPSA) is 75.6 Å². The molecule has 0 aliphatic heterocycles. The molecule has 142 valence electrons. The van der Waals surface area contributed by atoms with Gasteiger partial charge in [-0.25, -0.2) is 4.79 Å². The van der Waals surface area contributed by atoms with Gasteiger partial charge in [-0.2, -0.15) is 0 Å². The number of rotatable bonds is 6. The number of ether oxygens (including phenoxy) is 1. The normalized spacial score (nSPS) is 16.9. The lowest BCUT2D eigenvalue weighted by Gasteiger charge is -2.31. The molecule has 0 aromatic heterocycles. The Bertz CT molecular complexity index is 741. The third kappa shape index (κ3) is 5.17. The van der Waals surface area contributed by atoms with Crippen LogP contribution in [0.3, 0.4) is 0 Å². The predicted molar refractivity (Wildman–Crippen MR) is 102 cm³/mol. The molecule has 0 heterocycles. The van der Waals surface area contributed by atoms with Gasteiger partial charge in [0.05, 0.1) is 6.10 Å². The molecule has 1 aliphatic carbocycles. The maximum atomic E-state index is 12.8. The minimum Gasteiger partial charge on any atom is -0.425 e. The standard InChI is InChI=1S/C22H25NO4/c24-20(16-10-4-1-5-11-16)19(22(26)27-18-14-8-3-9-15-18)23-21(25)17-12-6-2-7-13-17/h2-3,6-9,12-16,19-20,24H,1,4-5,10-11H2,(H,23,25). The zero-order valence-electron chi connectivity index (χ0n) is 15.2. The van der Waals surface area contributed by atoms with Gasteiger partial charge in [0.2, 0.25) is 0 Å². The third-order valence-electron chi connectivity index (χ3n) is 5.01. The molecule has 1 fully saturated rings. The van der Waals surface area contributed by atoms with Gasteiger partial charge in [0, 0.05) is 5.56 Å². The Balaban J connectivity index is 1.76. The fraction of sp³-hybridized carbons (Fsp3) is 0.364. The summed E-state index contributed by atoms with van der Waals surface area (Å²) in [5, 5.41) is 13.5. The van der Waals surface area contributed by atoms with E-state index in [0.717, 1.165) is 32.1 Å². The number of aliphatic hydroxyl groups excluding tert-OH is 1. The van der Waals surface area contributed by atoms with Crippen LogP contribution in [0.1, 0.15) is 42.5 Å². The van der Waals surface area contributed by atoms with Crippen molar-refractivity contribution in [1.82, 2.24) is 5.32 Å². The van der Waals surface area contributed by atoms with Crippen LogP contribution < -0.4 is 10.1 Å². The Labute approximate surface area is 159 Å². The lowest BCUT2D eigenvalue weighted by molar-refractivity contribution is -0.140. The number of aliphatic hydroxyl groups is 1. The first kappa shape index (κ1) is 19.1. The molecule has 2 aromatic rings. The van der Waals surface area contributed by atoms with Gasteiger partial charge in [0.1, 0.15) is 5.75 Å². The summed E-state index contributed by atoms with van der Waals surface area (Å²) in [6.07, 6.45) is 3.89. The Kier molecular flexibility index (Phi) is 6.60. The van der Waals surface area contributed by atoms with Crippen molar-refractivity contribution in [3.8, 4) is 5.75 Å². The Morgan fingerprint density at radius 1 is 0.926 bits per heavy atom. The fourth-order valence-corrected chi connectivity index (χ4v) is 3.51. The molecule has 2 aromatic carbocycles. The van der Waals surface area contributed by atoms with E-state index in [9.17, 15) is 14.7 Å². The summed E-state index contributed by atoms with van der Waals surface area (Å²) in [6, 6.07) is 16.2. The summed E-state index contributed by atoms with van der Waals surface area (Å²) in [6.45, 7) is 0. The van der Waals surface area contributed by atoms with E-state index in [1.54, 1.807) is 48.5 Å². The average Bonchev–Trinajstić information content (AvgIpc) is 2.73. The zero-order chi connectivity index (χ0) is 19.1. The monoisotopic (exact) mass is 367 g/mol. The van der Waals surface area contributed by atoms with Gasteiger partial charge in [0.25, 0.3) is 5.91 Å². The van der Waals surface area contributed by atoms with Gasteiger partial charge >= 0.3 is 5.97 Å². The molecule has 0 saturated heterocycles. The lowest BCUT2D eigenvalue weighted by Crippen LogP contribution is -2.53. The number of nitrogens with one attached hydrogen (secondary N) is 1. The van der Waals surface area contributed by atoms with Gasteiger partial charge in [-0.1, -0.05) is 55.7 Å². The van der Waals surface area contributed by atoms with Crippen LogP contribution >= 0.6 is 0 Å². The Morgan fingerprint density at radius 3 is 2.15 bits per heavy atom. The summed E-state index contributed by atoms with van der Waals surface area (Å²) < 4.78 is 5.41. The van der Waals surface area contributed by atoms with E-state index >= 15 is 0 Å². The minimum absolute atomic E-state index is 0.0249. The van der Waals surface area contributed by atoms with Gasteiger partial charge in [0.15, 0.2) is 6.04 Å². The number of benzene rings is 2. The van der Waals surface area contributed by atoms with Crippen molar-refractivity contribution < 1.29 is 19.4 Å². The van der Waals surface area contributed by atoms with Crippen LogP contribution in [0.5, 0.6) is 5.75 Å². The first-order valence-electron chi connectivity index (χ1n) is 9.46. The Hall–Kier alpha value is -2.66. The molecule has 1 amide bonds. The van der Waals surface area contributed by atoms with E-state index < -0.39 is 24.0 Å². The number of carbonyl (C=O) groups is 2. The van der Waals surface area contributed by atoms with E-state index in [0.29, 0.717) is 11.3 Å². The zero-order valence-corrected chi connectivity index (χ0v) is 15.2. The second-order valence-electron chi connectivity index (χ2n) is 6.94. The van der Waals surface area contributed by atoms with Crippen molar-refractivity contribution >= 4 is 11.9 Å². The summed E-state index contributed by atoms with van der Waals surface area (Å²) >= 11 is 0. The van der Waals surface area contributed by atoms with E-state index in [4.69, 9.17) is 4.74 Å². The van der Waals surface area contributed by atoms with Crippen LogP contribution in [0, 0.1) is 5.92 Å². The van der Waals surface area contributed by atoms with Gasteiger partial charge in [-0.05, 0) is 43.0 Å². The van der Waals surface area contributed by atoms with Gasteiger partial charge < -0.3 is 15.2 Å². The van der Waals surface area contributed by atoms with Crippen LogP contribution in [0.2, 0.25) is 0 Å². The third-order valence-corrected chi connectivity index (χ3v) is 5.01. The molecule has 27 heavy (non-hydrogen) atoms. The molecule has 3 rings (SSSR count). The second-order valence-corrected chi connectivity index (χ2v) is 6.94. The van der Waals surface area contributed by atoms with Gasteiger partial charge in [-0.15, -0.1) is 0 Å². The van der Waals surface area contributed by atoms with Crippen LogP contribution in [0.25, 0.3) is 0 Å². The molecule has 2 unspecified atom stereocenters. The van der Waals surface area contributed by atoms with Crippen molar-refractivity contribution in [2.75, 3.05) is 0 Å². The SMILES string of the molecule is O=C(NC(C(=O)Oc1ccccc1)C(O)C1CCCCC1)c1ccccc1. The molecular formula is C22H25NO4. The first-order chi connectivity index (χ1) is 13.1. The summed E-state index contributed by atoms with van der Waals surface area (Å²) in [5.41, 5.74) is 0.436. The van der Waals surface area contributed by atoms with Gasteiger partial charge in [-0.3, -0.25) is 4.79 Å². The molecule has 1 aliphatic rings. The molecule has 2 N–H and O–H groups in total. The molecule has 0 spiro atoms. The summed E-state index contributed by atoms with van der Waals surface area (Å²) in [7, 11) is 0. The van der Waals surface area contributed by atoms with E-state index in [1.165, 1.54) is 0 Å². The lowest BCUT2D eigenvalue weighted by atomic mass is 9.82. The van der Waals surface area contributed by atoms with Crippen molar-refractivity contribution in [3.63, 3.8) is 0 Å². The molecule has 0 bridgehead atoms. The highest BCUT2D eigenvalue weighted by Crippen LogP contribution is 2.28. The molecule has 5 heteroatoms. The van der Waals surface area contributed by atoms with Crippen molar-refractivity contribution in [2.24, 2.45) is 5.92 Å². The molecule has 2 atom stereocenters. The van der Waals surface area contributed by atoms with E-state index in [2.05, 4.69) is 5.32 Å². The number of esters is 1. The Morgan fingerprint density at radius 2 is 1.52 bits per heavy atom. The summed E-state index contributed by atoms with van der Waals surface area (Å²) in [5.74, 6) is -0.690. The maximum absolute atomic E-state index is 12.8.